The Hall–Kier alpha value is -2.91. The van der Waals surface area contributed by atoms with Crippen molar-refractivity contribution in [1.82, 2.24) is 9.55 Å². The Morgan fingerprint density at radius 1 is 1.15 bits per heavy atom. The molecule has 0 saturated carbocycles. The van der Waals surface area contributed by atoms with Crippen molar-refractivity contribution in [2.45, 2.75) is 31.7 Å². The van der Waals surface area contributed by atoms with Crippen LogP contribution in [0.15, 0.2) is 40.0 Å². The van der Waals surface area contributed by atoms with Gasteiger partial charge in [0.15, 0.2) is 9.84 Å². The average Bonchev–Trinajstić information content (AvgIpc) is 2.78. The molecule has 9 heteroatoms. The van der Waals surface area contributed by atoms with E-state index in [2.05, 4.69) is 10.2 Å². The van der Waals surface area contributed by atoms with Crippen LogP contribution in [0, 0.1) is 13.8 Å². The topological polar surface area (TPSA) is 93.5 Å². The lowest BCUT2D eigenvalue weighted by Gasteiger charge is -2.30. The molecule has 8 nitrogen and oxygen atoms in total. The van der Waals surface area contributed by atoms with Gasteiger partial charge in [-0.15, -0.1) is 0 Å². The fraction of sp³-hybridized carbons (Fsp3) is 0.417. The highest BCUT2D eigenvalue weighted by atomic mass is 32.2. The third kappa shape index (κ3) is 4.35. The van der Waals surface area contributed by atoms with Crippen molar-refractivity contribution in [2.24, 2.45) is 7.05 Å². The molecule has 1 atom stereocenters. The Bertz CT molecular complexity index is 1380. The van der Waals surface area contributed by atoms with Gasteiger partial charge in [-0.2, -0.15) is 0 Å². The number of morpholine rings is 1. The van der Waals surface area contributed by atoms with Crippen molar-refractivity contribution >= 4 is 32.4 Å². The van der Waals surface area contributed by atoms with Crippen LogP contribution >= 0.6 is 0 Å². The highest BCUT2D eigenvalue weighted by Crippen LogP contribution is 2.32. The van der Waals surface area contributed by atoms with Crippen LogP contribution < -0.4 is 15.8 Å². The molecule has 3 aromatic rings. The zero-order chi connectivity index (χ0) is 23.9. The number of aromatic nitrogens is 2. The first-order chi connectivity index (χ1) is 15.6. The van der Waals surface area contributed by atoms with Crippen molar-refractivity contribution in [2.75, 3.05) is 42.8 Å². The molecule has 2 aromatic carbocycles. The number of nitrogens with one attached hydrogen (secondary N) is 1. The number of ether oxygens (including phenoxy) is 1. The fourth-order valence-electron chi connectivity index (χ4n) is 4.45. The SMILES string of the molecule is Cc1cc2c(=O)n(C)c(N3CCOCC3)nc2c([C@@H](C)Nc2ccccc2S(C)(=O)=O)c1C. The second kappa shape index (κ2) is 8.79. The number of nitrogens with zero attached hydrogens (tertiary/aromatic N) is 3. The lowest BCUT2D eigenvalue weighted by molar-refractivity contribution is 0.121. The molecule has 1 aromatic heterocycles. The Morgan fingerprint density at radius 3 is 2.48 bits per heavy atom. The van der Waals surface area contributed by atoms with Gasteiger partial charge in [0.05, 0.1) is 40.7 Å². The number of fused-ring (bicyclic) bond motifs is 1. The van der Waals surface area contributed by atoms with E-state index in [-0.39, 0.29) is 16.5 Å². The van der Waals surface area contributed by atoms with Crippen molar-refractivity contribution in [3.8, 4) is 0 Å². The van der Waals surface area contributed by atoms with E-state index in [0.717, 1.165) is 16.7 Å². The quantitative estimate of drug-likeness (QED) is 0.613. The van der Waals surface area contributed by atoms with Crippen LogP contribution in [0.25, 0.3) is 10.9 Å². The molecule has 2 heterocycles. The predicted molar refractivity (Wildman–Crippen MR) is 131 cm³/mol. The van der Waals surface area contributed by atoms with E-state index in [4.69, 9.17) is 9.72 Å². The maximum absolute atomic E-state index is 13.3. The van der Waals surface area contributed by atoms with Gasteiger partial charge < -0.3 is 15.0 Å². The van der Waals surface area contributed by atoms with Gasteiger partial charge in [0.1, 0.15) is 0 Å². The predicted octanol–water partition coefficient (Wildman–Crippen LogP) is 2.96. The van der Waals surface area contributed by atoms with E-state index in [1.165, 1.54) is 6.26 Å². The minimum Gasteiger partial charge on any atom is -0.378 e. The minimum absolute atomic E-state index is 0.102. The first-order valence-electron chi connectivity index (χ1n) is 11.0. The van der Waals surface area contributed by atoms with Crippen molar-refractivity contribution in [1.29, 1.82) is 0 Å². The molecule has 33 heavy (non-hydrogen) atoms. The number of hydrogen-bond acceptors (Lipinski definition) is 7. The summed E-state index contributed by atoms with van der Waals surface area (Å²) in [6.45, 7) is 8.47. The fourth-order valence-corrected chi connectivity index (χ4v) is 5.30. The molecular formula is C24H30N4O4S. The van der Waals surface area contributed by atoms with Crippen LogP contribution in [0.1, 0.15) is 29.7 Å². The van der Waals surface area contributed by atoms with Crippen LogP contribution in [0.2, 0.25) is 0 Å². The van der Waals surface area contributed by atoms with Crippen LogP contribution in [0.3, 0.4) is 0 Å². The molecular weight excluding hydrogens is 440 g/mol. The highest BCUT2D eigenvalue weighted by Gasteiger charge is 2.23. The molecule has 0 amide bonds. The van der Waals surface area contributed by atoms with Gasteiger partial charge in [0, 0.05) is 32.0 Å². The van der Waals surface area contributed by atoms with Crippen molar-refractivity contribution in [3.63, 3.8) is 0 Å². The molecule has 1 aliphatic rings. The van der Waals surface area contributed by atoms with Crippen LogP contribution in [0.4, 0.5) is 11.6 Å². The second-order valence-corrected chi connectivity index (χ2v) is 10.6. The largest absolute Gasteiger partial charge is 0.378 e. The van der Waals surface area contributed by atoms with E-state index in [1.807, 2.05) is 26.8 Å². The summed E-state index contributed by atoms with van der Waals surface area (Å²) in [5.41, 5.74) is 3.96. The van der Waals surface area contributed by atoms with E-state index in [9.17, 15) is 13.2 Å². The zero-order valence-corrected chi connectivity index (χ0v) is 20.5. The molecule has 1 fully saturated rings. The average molecular weight is 471 g/mol. The van der Waals surface area contributed by atoms with Gasteiger partial charge in [0.2, 0.25) is 5.95 Å². The number of hydrogen-bond donors (Lipinski definition) is 1. The monoisotopic (exact) mass is 470 g/mol. The molecule has 4 rings (SSSR count). The zero-order valence-electron chi connectivity index (χ0n) is 19.7. The first-order valence-corrected chi connectivity index (χ1v) is 12.9. The molecule has 176 valence electrons. The van der Waals surface area contributed by atoms with E-state index in [0.29, 0.717) is 48.8 Å². The van der Waals surface area contributed by atoms with Crippen LogP contribution in [-0.4, -0.2) is 50.5 Å². The summed E-state index contributed by atoms with van der Waals surface area (Å²) >= 11 is 0. The van der Waals surface area contributed by atoms with Gasteiger partial charge in [-0.05, 0) is 50.1 Å². The summed E-state index contributed by atoms with van der Waals surface area (Å²) < 4.78 is 31.7. The Labute approximate surface area is 194 Å². The number of anilines is 2. The van der Waals surface area contributed by atoms with Crippen molar-refractivity contribution in [3.05, 3.63) is 57.4 Å². The summed E-state index contributed by atoms with van der Waals surface area (Å²) in [6, 6.07) is 8.47. The van der Waals surface area contributed by atoms with Gasteiger partial charge in [0.25, 0.3) is 5.56 Å². The lowest BCUT2D eigenvalue weighted by atomic mass is 9.94. The first kappa shape index (κ1) is 23.3. The van der Waals surface area contributed by atoms with Crippen LogP contribution in [0.5, 0.6) is 0 Å². The molecule has 0 radical (unpaired) electrons. The highest BCUT2D eigenvalue weighted by molar-refractivity contribution is 7.90. The normalized spacial score (nSPS) is 15.6. The number of benzene rings is 2. The van der Waals surface area contributed by atoms with E-state index >= 15 is 0 Å². The van der Waals surface area contributed by atoms with Crippen LogP contribution in [-0.2, 0) is 21.6 Å². The van der Waals surface area contributed by atoms with E-state index in [1.54, 1.807) is 35.9 Å². The molecule has 0 aliphatic carbocycles. The summed E-state index contributed by atoms with van der Waals surface area (Å²) in [6.07, 6.45) is 1.20. The van der Waals surface area contributed by atoms with E-state index < -0.39 is 9.84 Å². The third-order valence-corrected chi connectivity index (χ3v) is 7.45. The van der Waals surface area contributed by atoms with Gasteiger partial charge in [-0.3, -0.25) is 9.36 Å². The third-order valence-electron chi connectivity index (χ3n) is 6.30. The maximum Gasteiger partial charge on any atom is 0.262 e. The standard InChI is InChI=1S/C24H30N4O4S/c1-15-14-18-22(26-24(27(4)23(18)29)28-10-12-32-13-11-28)21(16(15)2)17(3)25-19-8-6-7-9-20(19)33(5,30)31/h6-9,14,17,25H,10-13H2,1-5H3/t17-/m1/s1. The molecule has 1 N–H and O–H groups in total. The molecule has 0 bridgehead atoms. The summed E-state index contributed by atoms with van der Waals surface area (Å²) in [4.78, 5) is 20.6. The number of rotatable bonds is 5. The lowest BCUT2D eigenvalue weighted by Crippen LogP contribution is -2.40. The van der Waals surface area contributed by atoms with Crippen molar-refractivity contribution < 1.29 is 13.2 Å². The molecule has 1 saturated heterocycles. The summed E-state index contributed by atoms with van der Waals surface area (Å²) in [7, 11) is -1.66. The second-order valence-electron chi connectivity index (χ2n) is 8.64. The minimum atomic E-state index is -3.41. The Balaban J connectivity index is 1.89. The Morgan fingerprint density at radius 2 is 1.82 bits per heavy atom. The summed E-state index contributed by atoms with van der Waals surface area (Å²) in [5, 5.41) is 3.92. The summed E-state index contributed by atoms with van der Waals surface area (Å²) in [5.74, 6) is 0.615. The number of sulfone groups is 1. The molecule has 0 spiro atoms. The Kier molecular flexibility index (Phi) is 6.20. The number of aryl methyl sites for hydroxylation is 1. The van der Waals surface area contributed by atoms with Gasteiger partial charge in [-0.1, -0.05) is 12.1 Å². The maximum atomic E-state index is 13.3. The molecule has 1 aliphatic heterocycles. The van der Waals surface area contributed by atoms with Gasteiger partial charge >= 0.3 is 0 Å². The smallest absolute Gasteiger partial charge is 0.262 e. The van der Waals surface area contributed by atoms with Gasteiger partial charge in [-0.25, -0.2) is 13.4 Å². The molecule has 0 unspecified atom stereocenters. The number of para-hydroxylation sites is 1.